The van der Waals surface area contributed by atoms with E-state index in [1.807, 2.05) is 6.92 Å². The normalized spacial score (nSPS) is 10.6. The van der Waals surface area contributed by atoms with Gasteiger partial charge in [-0.2, -0.15) is 0 Å². The molecule has 3 heteroatoms. The number of fused-ring (bicyclic) bond motifs is 1. The van der Waals surface area contributed by atoms with Gasteiger partial charge in [0.05, 0.1) is 6.26 Å². The molecule has 11 heavy (non-hydrogen) atoms. The van der Waals surface area contributed by atoms with Crippen molar-refractivity contribution in [3.8, 4) is 0 Å². The molecular weight excluding hydrogens is 144 g/mol. The van der Waals surface area contributed by atoms with Crippen molar-refractivity contribution in [2.75, 3.05) is 0 Å². The summed E-state index contributed by atoms with van der Waals surface area (Å²) in [5.74, 6) is 0. The maximum atomic E-state index is 10.8. The van der Waals surface area contributed by atoms with Crippen molar-refractivity contribution in [1.29, 1.82) is 0 Å². The average molecular weight is 150 g/mol. The molecule has 2 aromatic heterocycles. The summed E-state index contributed by atoms with van der Waals surface area (Å²) in [5.41, 5.74) is 1.62. The second kappa shape index (κ2) is 1.99. The first-order valence-corrected chi connectivity index (χ1v) is 3.25. The second-order valence-electron chi connectivity index (χ2n) is 2.36. The van der Waals surface area contributed by atoms with Gasteiger partial charge in [-0.3, -0.25) is 0 Å². The van der Waals surface area contributed by atoms with Crippen LogP contribution in [0.5, 0.6) is 0 Å². The minimum Gasteiger partial charge on any atom is -0.461 e. The molecule has 0 N–H and O–H groups in total. The summed E-state index contributed by atoms with van der Waals surface area (Å²) in [5, 5.41) is 0. The Bertz CT molecular complexity index is 436. The van der Waals surface area contributed by atoms with Crippen LogP contribution in [0.4, 0.5) is 0 Å². The Morgan fingerprint density at radius 3 is 3.09 bits per heavy atom. The van der Waals surface area contributed by atoms with Gasteiger partial charge in [0.2, 0.25) is 0 Å². The molecule has 0 aliphatic rings. The van der Waals surface area contributed by atoms with Crippen LogP contribution in [0.3, 0.4) is 0 Å². The summed E-state index contributed by atoms with van der Waals surface area (Å²) in [6.45, 7) is 1.81. The van der Waals surface area contributed by atoms with Gasteiger partial charge in [-0.05, 0) is 6.92 Å². The fourth-order valence-corrected chi connectivity index (χ4v) is 1.05. The highest BCUT2D eigenvalue weighted by Crippen LogP contribution is 2.15. The first-order chi connectivity index (χ1) is 5.27. The largest absolute Gasteiger partial charge is 0.461 e. The van der Waals surface area contributed by atoms with Crippen LogP contribution in [-0.4, -0.2) is 0 Å². The minimum atomic E-state index is -0.337. The Balaban J connectivity index is 3.02. The van der Waals surface area contributed by atoms with Crippen molar-refractivity contribution in [3.05, 3.63) is 34.4 Å². The van der Waals surface area contributed by atoms with Crippen LogP contribution < -0.4 is 5.63 Å². The maximum absolute atomic E-state index is 10.8. The van der Waals surface area contributed by atoms with Gasteiger partial charge >= 0.3 is 5.63 Å². The number of hydrogen-bond donors (Lipinski definition) is 0. The molecule has 2 rings (SSSR count). The van der Waals surface area contributed by atoms with Crippen LogP contribution in [-0.2, 0) is 0 Å². The summed E-state index contributed by atoms with van der Waals surface area (Å²) in [4.78, 5) is 10.8. The zero-order valence-corrected chi connectivity index (χ0v) is 5.96. The topological polar surface area (TPSA) is 43.4 Å². The van der Waals surface area contributed by atoms with Gasteiger partial charge in [0.15, 0.2) is 11.2 Å². The lowest BCUT2D eigenvalue weighted by atomic mass is 10.3. The Kier molecular flexibility index (Phi) is 1.12. The fraction of sp³-hybridized carbons (Fsp3) is 0.125. The van der Waals surface area contributed by atoms with Crippen molar-refractivity contribution in [1.82, 2.24) is 0 Å². The van der Waals surface area contributed by atoms with E-state index in [1.54, 1.807) is 6.07 Å². The van der Waals surface area contributed by atoms with E-state index in [0.29, 0.717) is 11.2 Å². The highest BCUT2D eigenvalue weighted by molar-refractivity contribution is 5.72. The van der Waals surface area contributed by atoms with Crippen LogP contribution in [0, 0.1) is 6.92 Å². The Hall–Kier alpha value is -1.51. The highest BCUT2D eigenvalue weighted by atomic mass is 16.4. The third-order valence-electron chi connectivity index (χ3n) is 1.53. The summed E-state index contributed by atoms with van der Waals surface area (Å²) in [6.07, 6.45) is 1.50. The van der Waals surface area contributed by atoms with Gasteiger partial charge < -0.3 is 8.83 Å². The average Bonchev–Trinajstić information content (AvgIpc) is 2.34. The summed E-state index contributed by atoms with van der Waals surface area (Å²) < 4.78 is 9.90. The SMILES string of the molecule is Cc1cc(=O)oc2ccoc12. The third kappa shape index (κ3) is 0.852. The van der Waals surface area contributed by atoms with E-state index in [1.165, 1.54) is 12.3 Å². The molecule has 0 saturated heterocycles. The van der Waals surface area contributed by atoms with E-state index in [2.05, 4.69) is 0 Å². The van der Waals surface area contributed by atoms with Crippen LogP contribution >= 0.6 is 0 Å². The van der Waals surface area contributed by atoms with E-state index in [0.717, 1.165) is 5.56 Å². The van der Waals surface area contributed by atoms with E-state index in [-0.39, 0.29) is 5.63 Å². The Labute approximate surface area is 62.2 Å². The summed E-state index contributed by atoms with van der Waals surface area (Å²) >= 11 is 0. The predicted octanol–water partition coefficient (Wildman–Crippen LogP) is 1.69. The lowest BCUT2D eigenvalue weighted by Crippen LogP contribution is -1.95. The first-order valence-electron chi connectivity index (χ1n) is 3.25. The molecule has 0 saturated carbocycles. The van der Waals surface area contributed by atoms with Gasteiger partial charge in [-0.25, -0.2) is 4.79 Å². The van der Waals surface area contributed by atoms with Gasteiger partial charge in [-0.15, -0.1) is 0 Å². The quantitative estimate of drug-likeness (QED) is 0.574. The Morgan fingerprint density at radius 2 is 2.27 bits per heavy atom. The van der Waals surface area contributed by atoms with Crippen LogP contribution in [0.2, 0.25) is 0 Å². The van der Waals surface area contributed by atoms with Crippen molar-refractivity contribution in [3.63, 3.8) is 0 Å². The molecule has 0 radical (unpaired) electrons. The Morgan fingerprint density at radius 1 is 1.45 bits per heavy atom. The first kappa shape index (κ1) is 6.22. The zero-order valence-electron chi connectivity index (χ0n) is 5.96. The number of hydrogen-bond acceptors (Lipinski definition) is 3. The molecular formula is C8H6O3. The zero-order chi connectivity index (χ0) is 7.84. The summed E-state index contributed by atoms with van der Waals surface area (Å²) in [7, 11) is 0. The van der Waals surface area contributed by atoms with Crippen LogP contribution in [0.25, 0.3) is 11.2 Å². The smallest absolute Gasteiger partial charge is 0.336 e. The molecule has 2 heterocycles. The number of rotatable bonds is 0. The van der Waals surface area contributed by atoms with Gasteiger partial charge in [-0.1, -0.05) is 0 Å². The van der Waals surface area contributed by atoms with Gasteiger partial charge in [0, 0.05) is 17.7 Å². The molecule has 3 nitrogen and oxygen atoms in total. The lowest BCUT2D eigenvalue weighted by Gasteiger charge is -1.89. The van der Waals surface area contributed by atoms with E-state index in [4.69, 9.17) is 8.83 Å². The molecule has 0 fully saturated rings. The van der Waals surface area contributed by atoms with Crippen molar-refractivity contribution in [2.45, 2.75) is 6.92 Å². The molecule has 0 spiro atoms. The molecule has 0 amide bonds. The summed E-state index contributed by atoms with van der Waals surface area (Å²) in [6, 6.07) is 3.04. The maximum Gasteiger partial charge on any atom is 0.336 e. The highest BCUT2D eigenvalue weighted by Gasteiger charge is 2.02. The number of furan rings is 1. The van der Waals surface area contributed by atoms with Crippen molar-refractivity contribution >= 4 is 11.2 Å². The van der Waals surface area contributed by atoms with E-state index in [9.17, 15) is 4.79 Å². The van der Waals surface area contributed by atoms with Crippen molar-refractivity contribution in [2.24, 2.45) is 0 Å². The molecule has 56 valence electrons. The molecule has 0 aliphatic heterocycles. The predicted molar refractivity (Wildman–Crippen MR) is 39.5 cm³/mol. The van der Waals surface area contributed by atoms with E-state index >= 15 is 0 Å². The molecule has 0 aliphatic carbocycles. The van der Waals surface area contributed by atoms with Crippen molar-refractivity contribution < 1.29 is 8.83 Å². The van der Waals surface area contributed by atoms with Gasteiger partial charge in [0.25, 0.3) is 0 Å². The molecule has 2 aromatic rings. The number of aryl methyl sites for hydroxylation is 1. The second-order valence-corrected chi connectivity index (χ2v) is 2.36. The van der Waals surface area contributed by atoms with Gasteiger partial charge in [0.1, 0.15) is 0 Å². The molecule has 0 atom stereocenters. The molecule has 0 bridgehead atoms. The molecule has 0 unspecified atom stereocenters. The lowest BCUT2D eigenvalue weighted by molar-refractivity contribution is 0.547. The molecule has 0 aromatic carbocycles. The fourth-order valence-electron chi connectivity index (χ4n) is 1.05. The standard InChI is InChI=1S/C8H6O3/c1-5-4-7(9)11-6-2-3-10-8(5)6/h2-4H,1H3. The third-order valence-corrected chi connectivity index (χ3v) is 1.53. The minimum absolute atomic E-state index is 0.337. The van der Waals surface area contributed by atoms with Crippen LogP contribution in [0.15, 0.2) is 32.0 Å². The van der Waals surface area contributed by atoms with E-state index < -0.39 is 0 Å². The van der Waals surface area contributed by atoms with Crippen LogP contribution in [0.1, 0.15) is 5.56 Å². The monoisotopic (exact) mass is 150 g/mol.